The number of pyridine rings is 1. The Kier molecular flexibility index (Phi) is 3.33. The quantitative estimate of drug-likeness (QED) is 0.925. The molecule has 1 aromatic heterocycles. The molecule has 3 fully saturated rings. The molecule has 0 radical (unpaired) electrons. The van der Waals surface area contributed by atoms with Crippen molar-refractivity contribution in [1.29, 1.82) is 0 Å². The zero-order valence-electron chi connectivity index (χ0n) is 11.5. The second kappa shape index (κ2) is 5.17. The molecule has 2 atom stereocenters. The lowest BCUT2D eigenvalue weighted by atomic mass is 10.2. The summed E-state index contributed by atoms with van der Waals surface area (Å²) in [5, 5.41) is 4.25. The van der Waals surface area contributed by atoms with Crippen LogP contribution >= 0.6 is 11.6 Å². The molecule has 3 aliphatic rings. The molecule has 0 aromatic carbocycles. The third-order valence-electron chi connectivity index (χ3n) is 4.41. The molecule has 4 nitrogen and oxygen atoms in total. The maximum atomic E-state index is 6.26. The van der Waals surface area contributed by atoms with Gasteiger partial charge in [0.15, 0.2) is 0 Å². The topological polar surface area (TPSA) is 37.4 Å². The monoisotopic (exact) mass is 293 g/mol. The summed E-state index contributed by atoms with van der Waals surface area (Å²) in [5.41, 5.74) is 0.968. The summed E-state index contributed by atoms with van der Waals surface area (Å²) in [6.07, 6.45) is 5.71. The number of ether oxygens (including phenoxy) is 1. The first kappa shape index (κ1) is 12.9. The molecule has 108 valence electrons. The largest absolute Gasteiger partial charge is 0.371 e. The predicted molar refractivity (Wildman–Crippen MR) is 79.2 cm³/mol. The average molecular weight is 294 g/mol. The Bertz CT molecular complexity index is 494. The molecule has 2 aliphatic heterocycles. The first-order valence-electron chi connectivity index (χ1n) is 7.57. The summed E-state index contributed by atoms with van der Waals surface area (Å²) >= 11 is 6.26. The highest BCUT2D eigenvalue weighted by Crippen LogP contribution is 2.30. The van der Waals surface area contributed by atoms with Crippen molar-refractivity contribution in [2.45, 2.75) is 50.5 Å². The molecule has 2 saturated heterocycles. The molecular weight excluding hydrogens is 274 g/mol. The number of nitrogens with one attached hydrogen (secondary N) is 1. The molecule has 1 aromatic rings. The van der Waals surface area contributed by atoms with Crippen LogP contribution in [-0.2, 0) is 11.3 Å². The van der Waals surface area contributed by atoms with Crippen LogP contribution in [0.2, 0.25) is 5.02 Å². The molecule has 2 bridgehead atoms. The lowest BCUT2D eigenvalue weighted by Crippen LogP contribution is -2.43. The van der Waals surface area contributed by atoms with Crippen molar-refractivity contribution in [2.24, 2.45) is 0 Å². The highest BCUT2D eigenvalue weighted by molar-refractivity contribution is 6.31. The zero-order chi connectivity index (χ0) is 13.5. The van der Waals surface area contributed by atoms with E-state index < -0.39 is 0 Å². The van der Waals surface area contributed by atoms with Gasteiger partial charge in [0.2, 0.25) is 0 Å². The Hall–Kier alpha value is -0.840. The van der Waals surface area contributed by atoms with Gasteiger partial charge in [-0.15, -0.1) is 0 Å². The van der Waals surface area contributed by atoms with Crippen molar-refractivity contribution in [3.63, 3.8) is 0 Å². The van der Waals surface area contributed by atoms with Gasteiger partial charge in [0.1, 0.15) is 5.82 Å². The number of morpholine rings is 1. The van der Waals surface area contributed by atoms with Gasteiger partial charge in [-0.1, -0.05) is 11.6 Å². The summed E-state index contributed by atoms with van der Waals surface area (Å²) in [4.78, 5) is 7.12. The number of rotatable bonds is 4. The number of hydrogen-bond donors (Lipinski definition) is 1. The number of hydrogen-bond acceptors (Lipinski definition) is 4. The van der Waals surface area contributed by atoms with E-state index in [1.807, 2.05) is 12.1 Å². The van der Waals surface area contributed by atoms with Crippen molar-refractivity contribution in [1.82, 2.24) is 10.3 Å². The second-order valence-electron chi connectivity index (χ2n) is 6.12. The van der Waals surface area contributed by atoms with Crippen molar-refractivity contribution in [3.05, 3.63) is 22.8 Å². The van der Waals surface area contributed by atoms with Crippen LogP contribution in [0.5, 0.6) is 0 Å². The van der Waals surface area contributed by atoms with E-state index in [-0.39, 0.29) is 0 Å². The van der Waals surface area contributed by atoms with E-state index in [1.54, 1.807) is 0 Å². The number of aromatic nitrogens is 1. The zero-order valence-corrected chi connectivity index (χ0v) is 12.3. The van der Waals surface area contributed by atoms with Gasteiger partial charge in [0, 0.05) is 25.7 Å². The number of nitrogens with zero attached hydrogens (tertiary/aromatic N) is 2. The van der Waals surface area contributed by atoms with E-state index in [4.69, 9.17) is 21.3 Å². The minimum absolute atomic E-state index is 0.388. The normalized spacial score (nSPS) is 28.9. The third kappa shape index (κ3) is 2.65. The molecule has 0 amide bonds. The summed E-state index contributed by atoms with van der Waals surface area (Å²) in [6, 6.07) is 4.69. The summed E-state index contributed by atoms with van der Waals surface area (Å²) < 4.78 is 5.88. The van der Waals surface area contributed by atoms with Crippen LogP contribution in [0.1, 0.15) is 31.4 Å². The Labute approximate surface area is 124 Å². The Balaban J connectivity index is 1.50. The van der Waals surface area contributed by atoms with Crippen LogP contribution < -0.4 is 10.2 Å². The van der Waals surface area contributed by atoms with Gasteiger partial charge in [-0.2, -0.15) is 0 Å². The number of fused-ring (bicyclic) bond motifs is 2. The molecule has 3 heterocycles. The fraction of sp³-hybridized carbons (Fsp3) is 0.667. The molecule has 0 spiro atoms. The molecule has 2 unspecified atom stereocenters. The van der Waals surface area contributed by atoms with E-state index in [1.165, 1.54) is 25.7 Å². The van der Waals surface area contributed by atoms with Crippen molar-refractivity contribution < 1.29 is 4.74 Å². The van der Waals surface area contributed by atoms with E-state index in [9.17, 15) is 0 Å². The predicted octanol–water partition coefficient (Wildman–Crippen LogP) is 2.35. The van der Waals surface area contributed by atoms with Crippen molar-refractivity contribution in [3.8, 4) is 0 Å². The van der Waals surface area contributed by atoms with Crippen LogP contribution in [-0.4, -0.2) is 36.3 Å². The average Bonchev–Trinajstić information content (AvgIpc) is 3.23. The van der Waals surface area contributed by atoms with Crippen LogP contribution in [0.3, 0.4) is 0 Å². The van der Waals surface area contributed by atoms with Gasteiger partial charge in [0.25, 0.3) is 0 Å². The number of anilines is 1. The minimum atomic E-state index is 0.388. The first-order chi connectivity index (χ1) is 9.78. The Morgan fingerprint density at radius 3 is 2.65 bits per heavy atom. The summed E-state index contributed by atoms with van der Waals surface area (Å²) in [7, 11) is 0. The van der Waals surface area contributed by atoms with Gasteiger partial charge in [0.05, 0.1) is 22.9 Å². The van der Waals surface area contributed by atoms with E-state index in [0.29, 0.717) is 18.2 Å². The molecule has 1 saturated carbocycles. The van der Waals surface area contributed by atoms with Gasteiger partial charge in [-0.25, -0.2) is 4.98 Å². The fourth-order valence-electron chi connectivity index (χ4n) is 3.10. The molecule has 1 N–H and O–H groups in total. The SMILES string of the molecule is Clc1ccc(N2CC3CCC(C2)O3)nc1CNC1CC1. The maximum Gasteiger partial charge on any atom is 0.129 e. The molecular formula is C15H20ClN3O. The Morgan fingerprint density at radius 1 is 1.20 bits per heavy atom. The molecule has 1 aliphatic carbocycles. The van der Waals surface area contributed by atoms with Crippen molar-refractivity contribution >= 4 is 17.4 Å². The lowest BCUT2D eigenvalue weighted by molar-refractivity contribution is 0.0302. The summed E-state index contributed by atoms with van der Waals surface area (Å²) in [6.45, 7) is 2.69. The molecule has 5 heteroatoms. The van der Waals surface area contributed by atoms with E-state index in [2.05, 4.69) is 10.2 Å². The van der Waals surface area contributed by atoms with Gasteiger partial charge >= 0.3 is 0 Å². The van der Waals surface area contributed by atoms with Crippen LogP contribution in [0.25, 0.3) is 0 Å². The highest BCUT2D eigenvalue weighted by atomic mass is 35.5. The smallest absolute Gasteiger partial charge is 0.129 e. The highest BCUT2D eigenvalue weighted by Gasteiger charge is 2.34. The molecule has 20 heavy (non-hydrogen) atoms. The maximum absolute atomic E-state index is 6.26. The van der Waals surface area contributed by atoms with Gasteiger partial charge in [-0.05, 0) is 37.8 Å². The second-order valence-corrected chi connectivity index (χ2v) is 6.52. The van der Waals surface area contributed by atoms with Crippen LogP contribution in [0.4, 0.5) is 5.82 Å². The third-order valence-corrected chi connectivity index (χ3v) is 4.75. The fourth-order valence-corrected chi connectivity index (χ4v) is 3.28. The number of halogens is 1. The van der Waals surface area contributed by atoms with Gasteiger partial charge < -0.3 is 15.0 Å². The van der Waals surface area contributed by atoms with Crippen molar-refractivity contribution in [2.75, 3.05) is 18.0 Å². The van der Waals surface area contributed by atoms with Crippen LogP contribution in [0.15, 0.2) is 12.1 Å². The van der Waals surface area contributed by atoms with E-state index in [0.717, 1.165) is 36.2 Å². The van der Waals surface area contributed by atoms with Crippen LogP contribution in [0, 0.1) is 0 Å². The minimum Gasteiger partial charge on any atom is -0.371 e. The first-order valence-corrected chi connectivity index (χ1v) is 7.95. The van der Waals surface area contributed by atoms with Gasteiger partial charge in [-0.3, -0.25) is 0 Å². The molecule has 4 rings (SSSR count). The lowest BCUT2D eigenvalue weighted by Gasteiger charge is -2.33. The summed E-state index contributed by atoms with van der Waals surface area (Å²) in [5.74, 6) is 1.04. The Morgan fingerprint density at radius 2 is 1.95 bits per heavy atom. The van der Waals surface area contributed by atoms with E-state index >= 15 is 0 Å². The standard InChI is InChI=1S/C15H20ClN3O/c16-13-5-6-15(18-14(13)7-17-10-1-2-10)19-8-11-3-4-12(9-19)20-11/h5-6,10-12,17H,1-4,7-9H2.